The van der Waals surface area contributed by atoms with Gasteiger partial charge in [0.15, 0.2) is 5.58 Å². The minimum atomic E-state index is -0.745. The van der Waals surface area contributed by atoms with E-state index in [0.717, 1.165) is 55.3 Å². The Morgan fingerprint density at radius 3 is 1.98 bits per heavy atom. The molecule has 0 radical (unpaired) electrons. The first kappa shape index (κ1) is 29.3. The smallest absolute Gasteiger partial charge is 0.230 e. The quantitative estimate of drug-likeness (QED) is 0.160. The molecule has 9 aromatic carbocycles. The van der Waals surface area contributed by atoms with Gasteiger partial charge in [-0.2, -0.15) is 0 Å². The van der Waals surface area contributed by atoms with Gasteiger partial charge in [0, 0.05) is 11.4 Å². The predicted molar refractivity (Wildman–Crippen MR) is 265 cm³/mol. The lowest BCUT2D eigenvalue weighted by atomic mass is 9.68. The van der Waals surface area contributed by atoms with Crippen molar-refractivity contribution in [1.29, 1.82) is 0 Å². The number of para-hydroxylation sites is 2. The molecule has 0 bridgehead atoms. The molecule has 0 N–H and O–H groups in total. The third kappa shape index (κ3) is 6.07. The highest BCUT2D eigenvalue weighted by Crippen LogP contribution is 2.58. The molecule has 0 amide bonds. The molecule has 1 heterocycles. The van der Waals surface area contributed by atoms with Crippen LogP contribution >= 0.6 is 0 Å². The maximum atomic E-state index is 10.1. The zero-order chi connectivity index (χ0) is 50.3. The Bertz CT molecular complexity index is 3830. The van der Waals surface area contributed by atoms with Crippen molar-refractivity contribution in [3.63, 3.8) is 0 Å². The van der Waals surface area contributed by atoms with Crippen LogP contribution in [0.4, 0.5) is 17.1 Å². The normalized spacial score (nSPS) is 16.7. The molecule has 0 spiro atoms. The number of anilines is 3. The average Bonchev–Trinajstić information content (AvgIpc) is 4.02. The largest absolute Gasteiger partial charge is 0.436 e. The molecule has 12 rings (SSSR count). The van der Waals surface area contributed by atoms with Gasteiger partial charge in [0.05, 0.1) is 29.0 Å². The molecule has 0 unspecified atom stereocenters. The Morgan fingerprint density at radius 1 is 0.547 bits per heavy atom. The number of benzene rings is 9. The number of aryl methyl sites for hydroxylation is 1. The van der Waals surface area contributed by atoms with Gasteiger partial charge in [-0.25, -0.2) is 4.98 Å². The molecule has 0 saturated carbocycles. The Balaban J connectivity index is 1.24. The molecule has 2 aliphatic rings. The fourth-order valence-electron chi connectivity index (χ4n) is 10.0. The lowest BCUT2D eigenvalue weighted by Crippen LogP contribution is -2.28. The number of hydrogen-bond donors (Lipinski definition) is 0. The molecule has 0 saturated heterocycles. The zero-order valence-electron chi connectivity index (χ0n) is 43.7. The Labute approximate surface area is 386 Å². The third-order valence-corrected chi connectivity index (χ3v) is 12.7. The van der Waals surface area contributed by atoms with Crippen LogP contribution < -0.4 is 4.90 Å². The van der Waals surface area contributed by atoms with Gasteiger partial charge in [0.1, 0.15) is 5.52 Å². The highest BCUT2D eigenvalue weighted by atomic mass is 16.3. The van der Waals surface area contributed by atoms with E-state index in [9.17, 15) is 5.48 Å². The molecular formula is C61H44N2O. The number of aromatic nitrogens is 1. The second-order valence-electron chi connectivity index (χ2n) is 16.1. The lowest BCUT2D eigenvalue weighted by molar-refractivity contribution is 0.620. The molecular weight excluding hydrogens is 777 g/mol. The summed E-state index contributed by atoms with van der Waals surface area (Å²) in [6.07, 6.45) is 10.0. The van der Waals surface area contributed by atoms with E-state index in [1.54, 1.807) is 0 Å². The molecule has 0 aliphatic heterocycles. The summed E-state index contributed by atoms with van der Waals surface area (Å²) in [5.41, 5.74) is 9.24. The Hall–Kier alpha value is -8.01. The number of rotatable bonds is 7. The summed E-state index contributed by atoms with van der Waals surface area (Å²) >= 11 is 0. The fourth-order valence-corrected chi connectivity index (χ4v) is 10.0. The van der Waals surface area contributed by atoms with Crippen molar-refractivity contribution in [1.82, 2.24) is 4.98 Å². The molecule has 0 atom stereocenters. The van der Waals surface area contributed by atoms with E-state index >= 15 is 0 Å². The maximum absolute atomic E-state index is 10.1. The van der Waals surface area contributed by atoms with Gasteiger partial charge in [0.25, 0.3) is 0 Å². The second-order valence-corrected chi connectivity index (χ2v) is 16.1. The highest BCUT2D eigenvalue weighted by molar-refractivity contribution is 6.08. The van der Waals surface area contributed by atoms with Gasteiger partial charge in [-0.05, 0) is 122 Å². The van der Waals surface area contributed by atoms with E-state index in [4.69, 9.17) is 16.3 Å². The van der Waals surface area contributed by atoms with Crippen LogP contribution in [0.25, 0.3) is 55.6 Å². The van der Waals surface area contributed by atoms with Gasteiger partial charge in [0.2, 0.25) is 5.89 Å². The summed E-state index contributed by atoms with van der Waals surface area (Å²) in [5, 5.41) is 1.79. The minimum absolute atomic E-state index is 0.105. The van der Waals surface area contributed by atoms with Crippen LogP contribution in [-0.4, -0.2) is 4.98 Å². The van der Waals surface area contributed by atoms with Crippen LogP contribution in [0, 0.1) is 0 Å². The summed E-state index contributed by atoms with van der Waals surface area (Å²) in [7, 11) is 0. The van der Waals surface area contributed by atoms with Crippen LogP contribution in [0.1, 0.15) is 52.1 Å². The number of hydrogen-bond acceptors (Lipinski definition) is 3. The van der Waals surface area contributed by atoms with E-state index in [0.29, 0.717) is 53.2 Å². The van der Waals surface area contributed by atoms with Crippen molar-refractivity contribution < 1.29 is 16.8 Å². The van der Waals surface area contributed by atoms with Gasteiger partial charge >= 0.3 is 0 Å². The lowest BCUT2D eigenvalue weighted by Gasteiger charge is -2.35. The molecule has 0 fully saturated rings. The van der Waals surface area contributed by atoms with Crippen LogP contribution in [0.2, 0.25) is 0 Å². The molecule has 2 aliphatic carbocycles. The first-order valence-electron chi connectivity index (χ1n) is 26.1. The second kappa shape index (κ2) is 15.7. The van der Waals surface area contributed by atoms with Gasteiger partial charge in [-0.15, -0.1) is 0 Å². The highest BCUT2D eigenvalue weighted by Gasteiger charge is 2.46. The summed E-state index contributed by atoms with van der Waals surface area (Å²) < 4.78 is 89.7. The SMILES string of the molecule is [2H]c1c([2H])c([2H])c(-c2c([2H])c([2H])c(N(c3ccc4c(c3)-c3ccccc3C4(c3ccccc3)c3ccccc3)c3c4c(c5ccccc5c3-c3nc5ccccc5o3)CC/C=C\C=C/C4)c([2H])c2[2H])c([2H])c1[2H]. The van der Waals surface area contributed by atoms with Crippen molar-refractivity contribution in [2.75, 3.05) is 4.90 Å². The number of fused-ring (bicyclic) bond motifs is 7. The standard InChI is InChI=1S/C61H44N2O/c1-2-13-27-49-48-28-15-16-30-51(48)58(60-62-56-33-19-20-34-57(56)64-60)59(52(49)31-14-3-1)63(46-37-35-43(36-38-46)42-21-7-4-8-22-42)47-39-40-55-53(41-47)50-29-17-18-32-54(50)61(55,44-23-9-5-10-24-44)45-25-11-6-12-26-45/h1-12,14-26,28-30,32-41H,13,27,31H2/b2-1-,14-3-/i4D,7D,8D,21D,22D,35D,36D,37D,38D. The molecule has 304 valence electrons. The van der Waals surface area contributed by atoms with E-state index in [1.807, 2.05) is 83.8 Å². The van der Waals surface area contributed by atoms with Crippen molar-refractivity contribution in [2.45, 2.75) is 24.7 Å². The maximum Gasteiger partial charge on any atom is 0.230 e. The average molecular weight is 830 g/mol. The van der Waals surface area contributed by atoms with E-state index < -0.39 is 70.9 Å². The number of oxazole rings is 1. The summed E-state index contributed by atoms with van der Waals surface area (Å²) in [6.45, 7) is 0. The Kier molecular flexibility index (Phi) is 7.20. The van der Waals surface area contributed by atoms with Gasteiger partial charge in [-0.3, -0.25) is 0 Å². The molecule has 3 nitrogen and oxygen atoms in total. The van der Waals surface area contributed by atoms with Crippen LogP contribution in [-0.2, 0) is 18.3 Å². The molecule has 64 heavy (non-hydrogen) atoms. The van der Waals surface area contributed by atoms with E-state index in [2.05, 4.69) is 97.1 Å². The van der Waals surface area contributed by atoms with Crippen molar-refractivity contribution >= 4 is 38.9 Å². The topological polar surface area (TPSA) is 29.3 Å². The number of nitrogens with zero attached hydrogens (tertiary/aromatic N) is 2. The summed E-state index contributed by atoms with van der Waals surface area (Å²) in [4.78, 5) is 6.97. The van der Waals surface area contributed by atoms with Gasteiger partial charge in [-0.1, -0.05) is 194 Å². The molecule has 10 aromatic rings. The van der Waals surface area contributed by atoms with Crippen LogP contribution in [0.5, 0.6) is 0 Å². The van der Waals surface area contributed by atoms with Crippen LogP contribution in [0.3, 0.4) is 0 Å². The van der Waals surface area contributed by atoms with Crippen molar-refractivity contribution in [3.05, 3.63) is 264 Å². The number of allylic oxidation sites excluding steroid dienone is 4. The Morgan fingerprint density at radius 2 is 1.20 bits per heavy atom. The summed E-state index contributed by atoms with van der Waals surface area (Å²) in [5.74, 6) is 0.298. The fraction of sp³-hybridized carbons (Fsp3) is 0.0656. The molecule has 1 aromatic heterocycles. The monoisotopic (exact) mass is 829 g/mol. The first-order valence-corrected chi connectivity index (χ1v) is 21.6. The van der Waals surface area contributed by atoms with Crippen molar-refractivity contribution in [3.8, 4) is 33.7 Å². The van der Waals surface area contributed by atoms with E-state index in [-0.39, 0.29) is 5.69 Å². The molecule has 3 heteroatoms. The summed E-state index contributed by atoms with van der Waals surface area (Å²) in [6, 6.07) is 45.9. The van der Waals surface area contributed by atoms with Crippen LogP contribution in [0.15, 0.2) is 235 Å². The minimum Gasteiger partial charge on any atom is -0.436 e. The predicted octanol–water partition coefficient (Wildman–Crippen LogP) is 15.7. The van der Waals surface area contributed by atoms with E-state index in [1.165, 1.54) is 0 Å². The first-order chi connectivity index (χ1) is 35.5. The van der Waals surface area contributed by atoms with Gasteiger partial charge < -0.3 is 9.32 Å². The van der Waals surface area contributed by atoms with Crippen molar-refractivity contribution in [2.24, 2.45) is 0 Å². The zero-order valence-corrected chi connectivity index (χ0v) is 34.7. The third-order valence-electron chi connectivity index (χ3n) is 12.7.